The number of anilines is 1. The van der Waals surface area contributed by atoms with E-state index in [9.17, 15) is 4.79 Å². The molecule has 0 aliphatic heterocycles. The lowest BCUT2D eigenvalue weighted by molar-refractivity contribution is -0.121. The average molecular weight is 338 g/mol. The number of unbranched alkanes of at least 4 members (excludes halogenated alkanes) is 1. The minimum Gasteiger partial charge on any atom is -0.375 e. The molecule has 3 nitrogen and oxygen atoms in total. The van der Waals surface area contributed by atoms with Crippen molar-refractivity contribution in [2.75, 3.05) is 25.0 Å². The first-order valence-corrected chi connectivity index (χ1v) is 9.15. The van der Waals surface area contributed by atoms with Crippen LogP contribution < -0.4 is 10.2 Å². The van der Waals surface area contributed by atoms with Crippen LogP contribution in [0.25, 0.3) is 0 Å². The largest absolute Gasteiger partial charge is 0.375 e. The molecule has 0 radical (unpaired) electrons. The highest BCUT2D eigenvalue weighted by molar-refractivity contribution is 5.76. The number of rotatable bonds is 9. The summed E-state index contributed by atoms with van der Waals surface area (Å²) in [7, 11) is 2.11. The zero-order chi connectivity index (χ0) is 18.1. The number of nitrogens with one attached hydrogen (secondary N) is 1. The fraction of sp³-hybridized carbons (Fsp3) is 0.409. The first kappa shape index (κ1) is 19.0. The van der Waals surface area contributed by atoms with Crippen LogP contribution in [0.2, 0.25) is 0 Å². The summed E-state index contributed by atoms with van der Waals surface area (Å²) in [4.78, 5) is 14.2. The molecule has 134 valence electrons. The summed E-state index contributed by atoms with van der Waals surface area (Å²) in [6, 6.07) is 16.8. The van der Waals surface area contributed by atoms with Gasteiger partial charge in [0.25, 0.3) is 0 Å². The second-order valence-corrected chi connectivity index (χ2v) is 6.74. The Morgan fingerprint density at radius 3 is 2.52 bits per heavy atom. The summed E-state index contributed by atoms with van der Waals surface area (Å²) < 4.78 is 0. The van der Waals surface area contributed by atoms with Crippen molar-refractivity contribution in [2.45, 2.75) is 39.5 Å². The maximum atomic E-state index is 12.0. The maximum absolute atomic E-state index is 12.0. The van der Waals surface area contributed by atoms with E-state index < -0.39 is 0 Å². The van der Waals surface area contributed by atoms with Crippen LogP contribution in [-0.2, 0) is 11.2 Å². The summed E-state index contributed by atoms with van der Waals surface area (Å²) in [5.41, 5.74) is 5.05. The van der Waals surface area contributed by atoms with Gasteiger partial charge in [-0.3, -0.25) is 4.79 Å². The number of para-hydroxylation sites is 1. The molecule has 0 aliphatic rings. The van der Waals surface area contributed by atoms with Gasteiger partial charge in [0.1, 0.15) is 0 Å². The molecule has 3 heteroatoms. The SMILES string of the molecule is Cc1ccc(CCC(=O)NCCCCN(C)c2ccccc2)c(C)c1. The zero-order valence-corrected chi connectivity index (χ0v) is 15.7. The molecule has 0 aliphatic carbocycles. The number of carbonyl (C=O) groups is 1. The fourth-order valence-electron chi connectivity index (χ4n) is 2.98. The van der Waals surface area contributed by atoms with E-state index >= 15 is 0 Å². The van der Waals surface area contributed by atoms with Crippen molar-refractivity contribution in [1.29, 1.82) is 0 Å². The van der Waals surface area contributed by atoms with Gasteiger partial charge >= 0.3 is 0 Å². The maximum Gasteiger partial charge on any atom is 0.220 e. The first-order chi connectivity index (χ1) is 12.1. The van der Waals surface area contributed by atoms with E-state index in [1.54, 1.807) is 0 Å². The Morgan fingerprint density at radius 1 is 1.04 bits per heavy atom. The van der Waals surface area contributed by atoms with E-state index in [0.717, 1.165) is 32.4 Å². The van der Waals surface area contributed by atoms with E-state index in [0.29, 0.717) is 6.42 Å². The molecular formula is C22H30N2O. The Kier molecular flexibility index (Phi) is 7.52. The predicted octanol–water partition coefficient (Wildman–Crippen LogP) is 4.27. The number of aryl methyl sites for hydroxylation is 3. The van der Waals surface area contributed by atoms with Gasteiger partial charge in [-0.1, -0.05) is 42.0 Å². The van der Waals surface area contributed by atoms with Crippen LogP contribution in [-0.4, -0.2) is 26.0 Å². The van der Waals surface area contributed by atoms with Gasteiger partial charge in [0.2, 0.25) is 5.91 Å². The van der Waals surface area contributed by atoms with Crippen molar-refractivity contribution in [3.63, 3.8) is 0 Å². The summed E-state index contributed by atoms with van der Waals surface area (Å²) in [5.74, 6) is 0.149. The summed E-state index contributed by atoms with van der Waals surface area (Å²) >= 11 is 0. The third-order valence-electron chi connectivity index (χ3n) is 4.56. The van der Waals surface area contributed by atoms with Gasteiger partial charge < -0.3 is 10.2 Å². The normalized spacial score (nSPS) is 10.5. The molecule has 1 amide bonds. The topological polar surface area (TPSA) is 32.3 Å². The van der Waals surface area contributed by atoms with Gasteiger partial charge in [-0.2, -0.15) is 0 Å². The molecule has 2 aromatic carbocycles. The lowest BCUT2D eigenvalue weighted by Gasteiger charge is -2.19. The van der Waals surface area contributed by atoms with E-state index in [2.05, 4.69) is 73.6 Å². The number of hydrogen-bond acceptors (Lipinski definition) is 2. The molecule has 0 saturated carbocycles. The standard InChI is InChI=1S/C22H30N2O/c1-18-11-12-20(19(2)17-18)13-14-22(25)23-15-7-8-16-24(3)21-9-5-4-6-10-21/h4-6,9-12,17H,7-8,13-16H2,1-3H3,(H,23,25). The van der Waals surface area contributed by atoms with E-state index in [4.69, 9.17) is 0 Å². The minimum absolute atomic E-state index is 0.149. The van der Waals surface area contributed by atoms with Crippen molar-refractivity contribution in [3.8, 4) is 0 Å². The van der Waals surface area contributed by atoms with Crippen molar-refractivity contribution in [3.05, 3.63) is 65.2 Å². The Labute approximate surface area is 152 Å². The van der Waals surface area contributed by atoms with Crippen LogP contribution in [0.5, 0.6) is 0 Å². The Hall–Kier alpha value is -2.29. The molecule has 0 atom stereocenters. The number of carbonyl (C=O) groups excluding carboxylic acids is 1. The quantitative estimate of drug-likeness (QED) is 0.693. The van der Waals surface area contributed by atoms with Gasteiger partial charge in [0.05, 0.1) is 0 Å². The minimum atomic E-state index is 0.149. The van der Waals surface area contributed by atoms with E-state index in [-0.39, 0.29) is 5.91 Å². The molecule has 0 bridgehead atoms. The van der Waals surface area contributed by atoms with Crippen molar-refractivity contribution in [2.24, 2.45) is 0 Å². The summed E-state index contributed by atoms with van der Waals surface area (Å²) in [5, 5.41) is 3.04. The second-order valence-electron chi connectivity index (χ2n) is 6.74. The zero-order valence-electron chi connectivity index (χ0n) is 15.7. The van der Waals surface area contributed by atoms with Crippen LogP contribution in [0.4, 0.5) is 5.69 Å². The summed E-state index contributed by atoms with van der Waals surface area (Å²) in [6.07, 6.45) is 3.46. The smallest absolute Gasteiger partial charge is 0.220 e. The van der Waals surface area contributed by atoms with Crippen LogP contribution in [0.15, 0.2) is 48.5 Å². The Morgan fingerprint density at radius 2 is 1.80 bits per heavy atom. The van der Waals surface area contributed by atoms with Gasteiger partial charge in [0.15, 0.2) is 0 Å². The van der Waals surface area contributed by atoms with Crippen LogP contribution in [0.1, 0.15) is 36.0 Å². The first-order valence-electron chi connectivity index (χ1n) is 9.15. The Balaban J connectivity index is 1.59. The van der Waals surface area contributed by atoms with Crippen LogP contribution in [0.3, 0.4) is 0 Å². The molecule has 0 unspecified atom stereocenters. The molecule has 0 saturated heterocycles. The van der Waals surface area contributed by atoms with E-state index in [1.165, 1.54) is 22.4 Å². The monoisotopic (exact) mass is 338 g/mol. The number of hydrogen-bond donors (Lipinski definition) is 1. The van der Waals surface area contributed by atoms with Gasteiger partial charge in [-0.15, -0.1) is 0 Å². The van der Waals surface area contributed by atoms with Gasteiger partial charge in [0, 0.05) is 32.2 Å². The molecule has 2 rings (SSSR count). The molecular weight excluding hydrogens is 308 g/mol. The summed E-state index contributed by atoms with van der Waals surface area (Å²) in [6.45, 7) is 5.97. The molecule has 0 aromatic heterocycles. The Bertz CT molecular complexity index is 667. The van der Waals surface area contributed by atoms with E-state index in [1.807, 2.05) is 6.07 Å². The number of benzene rings is 2. The lowest BCUT2D eigenvalue weighted by atomic mass is 10.0. The highest BCUT2D eigenvalue weighted by Crippen LogP contribution is 2.13. The predicted molar refractivity (Wildman–Crippen MR) is 106 cm³/mol. The molecule has 0 heterocycles. The highest BCUT2D eigenvalue weighted by Gasteiger charge is 2.05. The molecule has 0 spiro atoms. The number of amides is 1. The molecule has 0 fully saturated rings. The lowest BCUT2D eigenvalue weighted by Crippen LogP contribution is -2.26. The average Bonchev–Trinajstić information content (AvgIpc) is 2.61. The molecule has 1 N–H and O–H groups in total. The third kappa shape index (κ3) is 6.61. The van der Waals surface area contributed by atoms with Crippen molar-refractivity contribution < 1.29 is 4.79 Å². The van der Waals surface area contributed by atoms with Crippen LogP contribution >= 0.6 is 0 Å². The number of nitrogens with zero attached hydrogens (tertiary/aromatic N) is 1. The van der Waals surface area contributed by atoms with Gasteiger partial charge in [-0.25, -0.2) is 0 Å². The van der Waals surface area contributed by atoms with Crippen LogP contribution in [0, 0.1) is 13.8 Å². The fourth-order valence-corrected chi connectivity index (χ4v) is 2.98. The van der Waals surface area contributed by atoms with Gasteiger partial charge in [-0.05, 0) is 56.4 Å². The second kappa shape index (κ2) is 9.87. The highest BCUT2D eigenvalue weighted by atomic mass is 16.1. The van der Waals surface area contributed by atoms with Crippen molar-refractivity contribution >= 4 is 11.6 Å². The molecule has 25 heavy (non-hydrogen) atoms. The third-order valence-corrected chi connectivity index (χ3v) is 4.56. The molecule has 2 aromatic rings. The van der Waals surface area contributed by atoms with Crippen molar-refractivity contribution in [1.82, 2.24) is 5.32 Å².